The van der Waals surface area contributed by atoms with Gasteiger partial charge in [-0.1, -0.05) is 31.2 Å². The molecular weight excluding hydrogens is 280 g/mol. The molecule has 2 rings (SSSR count). The van der Waals surface area contributed by atoms with Crippen molar-refractivity contribution in [2.75, 3.05) is 0 Å². The van der Waals surface area contributed by atoms with Crippen molar-refractivity contribution in [3.8, 4) is 11.5 Å². The zero-order valence-electron chi connectivity index (χ0n) is 12.4. The average molecular weight is 300 g/mol. The van der Waals surface area contributed by atoms with Crippen LogP contribution >= 0.6 is 0 Å². The van der Waals surface area contributed by atoms with E-state index >= 15 is 0 Å². The second-order valence-corrected chi connectivity index (χ2v) is 5.49. The normalized spacial score (nSPS) is 11.2. The van der Waals surface area contributed by atoms with Gasteiger partial charge < -0.3 is 10.2 Å². The lowest BCUT2D eigenvalue weighted by atomic mass is 9.73. The minimum Gasteiger partial charge on any atom is -0.508 e. The van der Waals surface area contributed by atoms with Crippen molar-refractivity contribution in [1.29, 1.82) is 0 Å². The van der Waals surface area contributed by atoms with Gasteiger partial charge >= 0.3 is 0 Å². The standard InChI is InChI=1S/C17H20N2O3/c1-17(11-10-16(22)19-18,12-2-6-14(20)7-3-12)13-4-8-15(21)9-5-13/h2-9,20-21H,10-11,18H2,1H3,(H,19,22). The van der Waals surface area contributed by atoms with E-state index in [9.17, 15) is 15.0 Å². The van der Waals surface area contributed by atoms with Crippen molar-refractivity contribution in [2.24, 2.45) is 5.84 Å². The lowest BCUT2D eigenvalue weighted by Gasteiger charge is -2.31. The van der Waals surface area contributed by atoms with E-state index in [1.807, 2.05) is 31.2 Å². The third-order valence-corrected chi connectivity index (χ3v) is 4.02. The van der Waals surface area contributed by atoms with Crippen molar-refractivity contribution in [3.05, 3.63) is 59.7 Å². The molecule has 5 N–H and O–H groups in total. The Hall–Kier alpha value is -2.53. The van der Waals surface area contributed by atoms with Crippen LogP contribution in [0.1, 0.15) is 30.9 Å². The van der Waals surface area contributed by atoms with Gasteiger partial charge in [0.25, 0.3) is 0 Å². The first kappa shape index (κ1) is 15.9. The number of hydrogen-bond acceptors (Lipinski definition) is 4. The summed E-state index contributed by atoms with van der Waals surface area (Å²) in [5.74, 6) is 5.30. The van der Waals surface area contributed by atoms with Crippen LogP contribution in [0.2, 0.25) is 0 Å². The fourth-order valence-electron chi connectivity index (χ4n) is 2.55. The maximum atomic E-state index is 11.5. The Morgan fingerprint density at radius 3 is 1.77 bits per heavy atom. The highest BCUT2D eigenvalue weighted by Crippen LogP contribution is 2.37. The number of nitrogens with two attached hydrogens (primary N) is 1. The summed E-state index contributed by atoms with van der Waals surface area (Å²) in [6, 6.07) is 13.8. The lowest BCUT2D eigenvalue weighted by molar-refractivity contribution is -0.121. The molecule has 0 saturated heterocycles. The fraction of sp³-hybridized carbons (Fsp3) is 0.235. The molecule has 1 amide bonds. The van der Waals surface area contributed by atoms with Crippen molar-refractivity contribution >= 4 is 5.91 Å². The highest BCUT2D eigenvalue weighted by Gasteiger charge is 2.29. The molecule has 0 heterocycles. The van der Waals surface area contributed by atoms with Crippen LogP contribution in [-0.4, -0.2) is 16.1 Å². The highest BCUT2D eigenvalue weighted by molar-refractivity contribution is 5.75. The minimum atomic E-state index is -0.437. The Balaban J connectivity index is 2.40. The van der Waals surface area contributed by atoms with Gasteiger partial charge in [-0.25, -0.2) is 5.84 Å². The quantitative estimate of drug-likeness (QED) is 0.386. The van der Waals surface area contributed by atoms with Gasteiger partial charge in [0.2, 0.25) is 5.91 Å². The van der Waals surface area contributed by atoms with Gasteiger partial charge in [0.05, 0.1) is 0 Å². The van der Waals surface area contributed by atoms with Crippen molar-refractivity contribution in [2.45, 2.75) is 25.2 Å². The lowest BCUT2D eigenvalue weighted by Crippen LogP contribution is -2.32. The van der Waals surface area contributed by atoms with Crippen molar-refractivity contribution in [1.82, 2.24) is 5.43 Å². The minimum absolute atomic E-state index is 0.191. The highest BCUT2D eigenvalue weighted by atomic mass is 16.3. The first-order valence-electron chi connectivity index (χ1n) is 7.04. The van der Waals surface area contributed by atoms with Crippen LogP contribution in [0.3, 0.4) is 0 Å². The van der Waals surface area contributed by atoms with E-state index in [2.05, 4.69) is 5.43 Å². The predicted octanol–water partition coefficient (Wildman–Crippen LogP) is 2.17. The molecule has 2 aromatic rings. The largest absolute Gasteiger partial charge is 0.508 e. The topological polar surface area (TPSA) is 95.6 Å². The SMILES string of the molecule is CC(CCC(=O)NN)(c1ccc(O)cc1)c1ccc(O)cc1. The number of amides is 1. The van der Waals surface area contributed by atoms with E-state index in [4.69, 9.17) is 5.84 Å². The van der Waals surface area contributed by atoms with Crippen LogP contribution in [0.5, 0.6) is 11.5 Å². The molecule has 5 heteroatoms. The number of benzene rings is 2. The number of nitrogens with one attached hydrogen (secondary N) is 1. The Labute approximate surface area is 129 Å². The first-order valence-corrected chi connectivity index (χ1v) is 7.04. The van der Waals surface area contributed by atoms with E-state index in [1.54, 1.807) is 24.3 Å². The molecule has 116 valence electrons. The summed E-state index contributed by atoms with van der Waals surface area (Å²) in [5, 5.41) is 18.9. The van der Waals surface area contributed by atoms with Crippen LogP contribution in [-0.2, 0) is 10.2 Å². The van der Waals surface area contributed by atoms with Crippen LogP contribution in [0, 0.1) is 0 Å². The third kappa shape index (κ3) is 3.38. The molecule has 0 spiro atoms. The summed E-state index contributed by atoms with van der Waals surface area (Å²) < 4.78 is 0. The molecule has 0 bridgehead atoms. The Morgan fingerprint density at radius 2 is 1.41 bits per heavy atom. The second-order valence-electron chi connectivity index (χ2n) is 5.49. The zero-order valence-corrected chi connectivity index (χ0v) is 12.4. The number of hydrogen-bond donors (Lipinski definition) is 4. The van der Waals surface area contributed by atoms with Crippen LogP contribution in [0.15, 0.2) is 48.5 Å². The van der Waals surface area contributed by atoms with Crippen LogP contribution in [0.25, 0.3) is 0 Å². The summed E-state index contributed by atoms with van der Waals surface area (Å²) in [6.07, 6.45) is 0.820. The van der Waals surface area contributed by atoms with Gasteiger partial charge in [-0.05, 0) is 41.8 Å². The zero-order chi connectivity index (χ0) is 16.2. The Kier molecular flexibility index (Phi) is 4.68. The van der Waals surface area contributed by atoms with Crippen LogP contribution < -0.4 is 11.3 Å². The van der Waals surface area contributed by atoms with E-state index < -0.39 is 5.41 Å². The summed E-state index contributed by atoms with van der Waals surface area (Å²) in [6.45, 7) is 2.02. The van der Waals surface area contributed by atoms with E-state index in [0.29, 0.717) is 6.42 Å². The number of carbonyl (C=O) groups excluding carboxylic acids is 1. The summed E-state index contributed by atoms with van der Waals surface area (Å²) in [5.41, 5.74) is 3.65. The fourth-order valence-corrected chi connectivity index (χ4v) is 2.55. The molecule has 0 aliphatic rings. The van der Waals surface area contributed by atoms with Gasteiger partial charge in [-0.2, -0.15) is 0 Å². The molecule has 5 nitrogen and oxygen atoms in total. The van der Waals surface area contributed by atoms with E-state index in [1.165, 1.54) is 0 Å². The van der Waals surface area contributed by atoms with Gasteiger partial charge in [0, 0.05) is 11.8 Å². The van der Waals surface area contributed by atoms with Crippen molar-refractivity contribution < 1.29 is 15.0 Å². The predicted molar refractivity (Wildman–Crippen MR) is 84.2 cm³/mol. The molecular formula is C17H20N2O3. The third-order valence-electron chi connectivity index (χ3n) is 4.02. The molecule has 0 fully saturated rings. The van der Waals surface area contributed by atoms with E-state index in [-0.39, 0.29) is 23.8 Å². The number of phenols is 2. The smallest absolute Gasteiger partial charge is 0.233 e. The van der Waals surface area contributed by atoms with Gasteiger partial charge in [-0.15, -0.1) is 0 Å². The Bertz CT molecular complexity index is 590. The number of aromatic hydroxyl groups is 2. The van der Waals surface area contributed by atoms with Gasteiger partial charge in [0.1, 0.15) is 11.5 Å². The maximum absolute atomic E-state index is 11.5. The molecule has 0 aliphatic carbocycles. The molecule has 0 atom stereocenters. The molecule has 22 heavy (non-hydrogen) atoms. The molecule has 0 unspecified atom stereocenters. The number of hydrazine groups is 1. The number of carbonyl (C=O) groups is 1. The van der Waals surface area contributed by atoms with E-state index in [0.717, 1.165) is 11.1 Å². The maximum Gasteiger partial charge on any atom is 0.233 e. The van der Waals surface area contributed by atoms with Crippen LogP contribution in [0.4, 0.5) is 0 Å². The molecule has 0 radical (unpaired) electrons. The first-order chi connectivity index (χ1) is 10.5. The number of rotatable bonds is 5. The summed E-state index contributed by atoms with van der Waals surface area (Å²) in [7, 11) is 0. The summed E-state index contributed by atoms with van der Waals surface area (Å²) in [4.78, 5) is 11.5. The molecule has 0 aromatic heterocycles. The monoisotopic (exact) mass is 300 g/mol. The number of phenolic OH excluding ortho intramolecular Hbond substituents is 2. The molecule has 2 aromatic carbocycles. The molecule has 0 aliphatic heterocycles. The summed E-state index contributed by atoms with van der Waals surface area (Å²) >= 11 is 0. The average Bonchev–Trinajstić information content (AvgIpc) is 2.53. The second kappa shape index (κ2) is 6.49. The Morgan fingerprint density at radius 1 is 1.00 bits per heavy atom. The molecule has 0 saturated carbocycles. The van der Waals surface area contributed by atoms with Gasteiger partial charge in [-0.3, -0.25) is 10.2 Å². The van der Waals surface area contributed by atoms with Gasteiger partial charge in [0.15, 0.2) is 0 Å². The van der Waals surface area contributed by atoms with Crippen molar-refractivity contribution in [3.63, 3.8) is 0 Å².